The van der Waals surface area contributed by atoms with Gasteiger partial charge in [0.25, 0.3) is 0 Å². The van der Waals surface area contributed by atoms with Gasteiger partial charge in [-0.15, -0.1) is 0 Å². The zero-order chi connectivity index (χ0) is 13.9. The van der Waals surface area contributed by atoms with Crippen LogP contribution in [0.3, 0.4) is 0 Å². The van der Waals surface area contributed by atoms with Crippen molar-refractivity contribution in [3.63, 3.8) is 0 Å². The van der Waals surface area contributed by atoms with E-state index in [0.29, 0.717) is 6.54 Å². The van der Waals surface area contributed by atoms with Crippen molar-refractivity contribution in [3.05, 3.63) is 43.0 Å². The van der Waals surface area contributed by atoms with Crippen LogP contribution in [0.5, 0.6) is 0 Å². The number of nitrogens with two attached hydrogens (primary N) is 1. The summed E-state index contributed by atoms with van der Waals surface area (Å²) < 4.78 is 0. The molecule has 102 valence electrons. The molecule has 2 N–H and O–H groups in total. The Hall–Kier alpha value is -2.43. The molecule has 1 fully saturated rings. The van der Waals surface area contributed by atoms with Gasteiger partial charge in [0.15, 0.2) is 0 Å². The highest BCUT2D eigenvalue weighted by Crippen LogP contribution is 2.27. The summed E-state index contributed by atoms with van der Waals surface area (Å²) in [6.07, 6.45) is 5.93. The molecule has 0 saturated carbocycles. The van der Waals surface area contributed by atoms with Gasteiger partial charge < -0.3 is 10.6 Å². The number of anilines is 1. The van der Waals surface area contributed by atoms with E-state index in [2.05, 4.69) is 27.0 Å². The average Bonchev–Trinajstić information content (AvgIpc) is 2.98. The lowest BCUT2D eigenvalue weighted by Crippen LogP contribution is -2.27. The fourth-order valence-electron chi connectivity index (χ4n) is 2.56. The Morgan fingerprint density at radius 3 is 2.75 bits per heavy atom. The van der Waals surface area contributed by atoms with Crippen molar-refractivity contribution in [2.24, 2.45) is 11.7 Å². The first-order chi connectivity index (χ1) is 9.74. The van der Waals surface area contributed by atoms with Crippen molar-refractivity contribution in [2.75, 3.05) is 18.0 Å². The third-order valence-corrected chi connectivity index (χ3v) is 3.70. The third-order valence-electron chi connectivity index (χ3n) is 3.70. The minimum absolute atomic E-state index is 0.0429. The zero-order valence-electron chi connectivity index (χ0n) is 11.1. The second kappa shape index (κ2) is 5.28. The van der Waals surface area contributed by atoms with Gasteiger partial charge in [-0.1, -0.05) is 12.1 Å². The summed E-state index contributed by atoms with van der Waals surface area (Å²) in [5, 5.41) is 0. The maximum atomic E-state index is 11.2. The van der Waals surface area contributed by atoms with E-state index in [1.165, 1.54) is 6.33 Å². The fourth-order valence-corrected chi connectivity index (χ4v) is 2.56. The molecule has 3 rings (SSSR count). The molecule has 1 aliphatic heterocycles. The summed E-state index contributed by atoms with van der Waals surface area (Å²) in [5.41, 5.74) is 8.54. The van der Waals surface area contributed by atoms with E-state index >= 15 is 0 Å². The van der Waals surface area contributed by atoms with Gasteiger partial charge in [0.05, 0.1) is 5.92 Å². The van der Waals surface area contributed by atoms with E-state index in [4.69, 9.17) is 5.73 Å². The van der Waals surface area contributed by atoms with Crippen molar-refractivity contribution in [1.29, 1.82) is 0 Å². The van der Waals surface area contributed by atoms with E-state index in [1.807, 2.05) is 12.1 Å². The zero-order valence-corrected chi connectivity index (χ0v) is 11.1. The minimum atomic E-state index is -0.208. The molecular weight excluding hydrogens is 252 g/mol. The standard InChI is InChI=1S/C15H16N4O/c16-15(20)12-4-5-19(9-12)14-3-1-2-11(6-14)13-7-17-10-18-8-13/h1-3,6-8,10,12H,4-5,9H2,(H2,16,20). The smallest absolute Gasteiger partial charge is 0.222 e. The predicted octanol–water partition coefficient (Wildman–Crippen LogP) is 1.46. The summed E-state index contributed by atoms with van der Waals surface area (Å²) in [6.45, 7) is 1.56. The first kappa shape index (κ1) is 12.6. The van der Waals surface area contributed by atoms with Crippen LogP contribution in [-0.2, 0) is 4.79 Å². The quantitative estimate of drug-likeness (QED) is 0.914. The van der Waals surface area contributed by atoms with Crippen molar-refractivity contribution >= 4 is 11.6 Å². The van der Waals surface area contributed by atoms with Gasteiger partial charge in [-0.05, 0) is 24.1 Å². The summed E-state index contributed by atoms with van der Waals surface area (Å²) in [4.78, 5) is 21.5. The monoisotopic (exact) mass is 268 g/mol. The van der Waals surface area contributed by atoms with Gasteiger partial charge in [-0.2, -0.15) is 0 Å². The van der Waals surface area contributed by atoms with Crippen LogP contribution in [0.2, 0.25) is 0 Å². The number of hydrogen-bond donors (Lipinski definition) is 1. The van der Waals surface area contributed by atoms with Gasteiger partial charge in [0, 0.05) is 36.7 Å². The number of carbonyl (C=O) groups excluding carboxylic acids is 1. The molecule has 5 nitrogen and oxygen atoms in total. The number of benzene rings is 1. The van der Waals surface area contributed by atoms with E-state index in [9.17, 15) is 4.79 Å². The Morgan fingerprint density at radius 2 is 2.05 bits per heavy atom. The van der Waals surface area contributed by atoms with E-state index in [1.54, 1.807) is 12.4 Å². The number of rotatable bonds is 3. The maximum Gasteiger partial charge on any atom is 0.222 e. The Balaban J connectivity index is 1.84. The van der Waals surface area contributed by atoms with Crippen molar-refractivity contribution in [3.8, 4) is 11.1 Å². The highest BCUT2D eigenvalue weighted by atomic mass is 16.1. The molecule has 20 heavy (non-hydrogen) atoms. The largest absolute Gasteiger partial charge is 0.371 e. The molecule has 1 saturated heterocycles. The predicted molar refractivity (Wildman–Crippen MR) is 77.0 cm³/mol. The van der Waals surface area contributed by atoms with E-state index in [-0.39, 0.29) is 11.8 Å². The molecule has 0 bridgehead atoms. The van der Waals surface area contributed by atoms with Crippen LogP contribution in [0.15, 0.2) is 43.0 Å². The van der Waals surface area contributed by atoms with Crippen molar-refractivity contribution in [1.82, 2.24) is 9.97 Å². The highest BCUT2D eigenvalue weighted by Gasteiger charge is 2.26. The molecule has 2 aromatic rings. The van der Waals surface area contributed by atoms with E-state index < -0.39 is 0 Å². The fraction of sp³-hybridized carbons (Fsp3) is 0.267. The van der Waals surface area contributed by atoms with Gasteiger partial charge in [-0.25, -0.2) is 9.97 Å². The van der Waals surface area contributed by atoms with Crippen LogP contribution in [0.1, 0.15) is 6.42 Å². The Morgan fingerprint density at radius 1 is 1.25 bits per heavy atom. The summed E-state index contributed by atoms with van der Waals surface area (Å²) in [7, 11) is 0. The van der Waals surface area contributed by atoms with Gasteiger partial charge >= 0.3 is 0 Å². The molecule has 1 atom stereocenters. The Bertz CT molecular complexity index is 614. The molecule has 5 heteroatoms. The molecule has 2 heterocycles. The molecule has 1 aliphatic rings. The molecule has 0 radical (unpaired) electrons. The summed E-state index contributed by atoms with van der Waals surface area (Å²) >= 11 is 0. The van der Waals surface area contributed by atoms with Gasteiger partial charge in [0.2, 0.25) is 5.91 Å². The number of amides is 1. The first-order valence-electron chi connectivity index (χ1n) is 6.64. The Labute approximate surface area is 117 Å². The van der Waals surface area contributed by atoms with Crippen LogP contribution >= 0.6 is 0 Å². The lowest BCUT2D eigenvalue weighted by Gasteiger charge is -2.19. The Kier molecular flexibility index (Phi) is 3.33. The SMILES string of the molecule is NC(=O)C1CCN(c2cccc(-c3cncnc3)c2)C1. The number of nitrogens with zero attached hydrogens (tertiary/aromatic N) is 3. The molecule has 0 spiro atoms. The van der Waals surface area contributed by atoms with Crippen LogP contribution in [0, 0.1) is 5.92 Å². The maximum absolute atomic E-state index is 11.2. The number of hydrogen-bond acceptors (Lipinski definition) is 4. The summed E-state index contributed by atoms with van der Waals surface area (Å²) in [6, 6.07) is 8.19. The van der Waals surface area contributed by atoms with Crippen LogP contribution in [0.4, 0.5) is 5.69 Å². The van der Waals surface area contributed by atoms with Gasteiger partial charge in [-0.3, -0.25) is 4.79 Å². The van der Waals surface area contributed by atoms with Crippen LogP contribution in [-0.4, -0.2) is 29.0 Å². The number of aromatic nitrogens is 2. The van der Waals surface area contributed by atoms with Crippen molar-refractivity contribution in [2.45, 2.75) is 6.42 Å². The van der Waals surface area contributed by atoms with Crippen LogP contribution < -0.4 is 10.6 Å². The topological polar surface area (TPSA) is 72.1 Å². The molecule has 0 aliphatic carbocycles. The average molecular weight is 268 g/mol. The summed E-state index contributed by atoms with van der Waals surface area (Å²) in [5.74, 6) is -0.251. The van der Waals surface area contributed by atoms with E-state index in [0.717, 1.165) is 29.8 Å². The van der Waals surface area contributed by atoms with Crippen LogP contribution in [0.25, 0.3) is 11.1 Å². The lowest BCUT2D eigenvalue weighted by atomic mass is 10.1. The molecule has 1 aromatic carbocycles. The molecule has 1 amide bonds. The first-order valence-corrected chi connectivity index (χ1v) is 6.64. The highest BCUT2D eigenvalue weighted by molar-refractivity contribution is 5.78. The lowest BCUT2D eigenvalue weighted by molar-refractivity contribution is -0.121. The molecule has 1 aromatic heterocycles. The second-order valence-electron chi connectivity index (χ2n) is 5.01. The molecule has 1 unspecified atom stereocenters. The number of primary amides is 1. The minimum Gasteiger partial charge on any atom is -0.371 e. The second-order valence-corrected chi connectivity index (χ2v) is 5.01. The van der Waals surface area contributed by atoms with Crippen molar-refractivity contribution < 1.29 is 4.79 Å². The normalized spacial score (nSPS) is 18.2. The third kappa shape index (κ3) is 2.47. The van der Waals surface area contributed by atoms with Gasteiger partial charge in [0.1, 0.15) is 6.33 Å². The molecular formula is C15H16N4O. The number of carbonyl (C=O) groups is 1.